The van der Waals surface area contributed by atoms with E-state index in [1.54, 1.807) is 0 Å². The highest BCUT2D eigenvalue weighted by molar-refractivity contribution is 4.78. The number of rotatable bonds is 3. The van der Waals surface area contributed by atoms with E-state index in [4.69, 9.17) is 5.11 Å². The van der Waals surface area contributed by atoms with Crippen molar-refractivity contribution in [3.05, 3.63) is 12.3 Å². The summed E-state index contributed by atoms with van der Waals surface area (Å²) in [7, 11) is 0. The molecule has 1 heteroatoms. The molecule has 0 aromatic rings. The maximum absolute atomic E-state index is 8.61. The van der Waals surface area contributed by atoms with Crippen molar-refractivity contribution in [1.82, 2.24) is 0 Å². The number of aliphatic hydroxyl groups excluding tert-OH is 1. The van der Waals surface area contributed by atoms with E-state index in [1.165, 1.54) is 0 Å². The summed E-state index contributed by atoms with van der Waals surface area (Å²) in [5.41, 5.74) is 0. The highest BCUT2D eigenvalue weighted by Crippen LogP contribution is 2.06. The van der Waals surface area contributed by atoms with Gasteiger partial charge in [-0.05, 0) is 12.3 Å². The molecule has 0 rings (SSSR count). The molecule has 0 bridgehead atoms. The van der Waals surface area contributed by atoms with Gasteiger partial charge in [-0.25, -0.2) is 0 Å². The highest BCUT2D eigenvalue weighted by atomic mass is 16.3. The summed E-state index contributed by atoms with van der Waals surface area (Å²) in [4.78, 5) is 0. The van der Waals surface area contributed by atoms with Crippen LogP contribution >= 0.6 is 0 Å². The summed E-state index contributed by atoms with van der Waals surface area (Å²) in [6.07, 6.45) is 1.78. The Labute approximate surface area is 51.0 Å². The molecule has 0 atom stereocenters. The molecular weight excluding hydrogens is 100 g/mol. The standard InChI is InChI=1S/C7H14O/c1-6(2)4-5-7(3)8/h6,8H,3-5H2,1-2H3. The van der Waals surface area contributed by atoms with Gasteiger partial charge in [-0.1, -0.05) is 20.4 Å². The zero-order valence-corrected chi connectivity index (χ0v) is 5.65. The van der Waals surface area contributed by atoms with Crippen molar-refractivity contribution in [3.63, 3.8) is 0 Å². The van der Waals surface area contributed by atoms with E-state index in [0.717, 1.165) is 12.8 Å². The molecule has 1 N–H and O–H groups in total. The van der Waals surface area contributed by atoms with Crippen LogP contribution in [0.5, 0.6) is 0 Å². The molecule has 1 nitrogen and oxygen atoms in total. The lowest BCUT2D eigenvalue weighted by Gasteiger charge is -2.00. The molecule has 0 saturated carbocycles. The molecule has 0 aromatic carbocycles. The lowest BCUT2D eigenvalue weighted by Crippen LogP contribution is -1.87. The molecule has 0 unspecified atom stereocenters. The predicted octanol–water partition coefficient (Wildman–Crippen LogP) is 2.49. The number of aliphatic hydroxyl groups is 1. The average Bonchev–Trinajstić information content (AvgIpc) is 1.61. The molecule has 0 aliphatic heterocycles. The summed E-state index contributed by atoms with van der Waals surface area (Å²) in [5, 5.41) is 8.61. The van der Waals surface area contributed by atoms with Gasteiger partial charge >= 0.3 is 0 Å². The smallest absolute Gasteiger partial charge is 0.0851 e. The van der Waals surface area contributed by atoms with Crippen LogP contribution in [-0.2, 0) is 0 Å². The Hall–Kier alpha value is -0.460. The fourth-order valence-corrected chi connectivity index (χ4v) is 0.455. The van der Waals surface area contributed by atoms with Crippen LogP contribution in [0.25, 0.3) is 0 Å². The van der Waals surface area contributed by atoms with Gasteiger partial charge in [0, 0.05) is 6.42 Å². The first-order valence-electron chi connectivity index (χ1n) is 2.99. The van der Waals surface area contributed by atoms with Gasteiger partial charge < -0.3 is 5.11 Å². The molecule has 0 aromatic heterocycles. The van der Waals surface area contributed by atoms with E-state index in [2.05, 4.69) is 20.4 Å². The number of hydrogen-bond acceptors (Lipinski definition) is 1. The Morgan fingerprint density at radius 1 is 1.62 bits per heavy atom. The van der Waals surface area contributed by atoms with Crippen LogP contribution in [0, 0.1) is 5.92 Å². The topological polar surface area (TPSA) is 20.2 Å². The summed E-state index contributed by atoms with van der Waals surface area (Å²) in [6.45, 7) is 7.64. The molecule has 48 valence electrons. The normalized spacial score (nSPS) is 9.88. The van der Waals surface area contributed by atoms with E-state index in [-0.39, 0.29) is 0 Å². The maximum Gasteiger partial charge on any atom is 0.0851 e. The first-order valence-corrected chi connectivity index (χ1v) is 2.99. The van der Waals surface area contributed by atoms with Gasteiger partial charge in [0.1, 0.15) is 0 Å². The van der Waals surface area contributed by atoms with Gasteiger partial charge in [-0.3, -0.25) is 0 Å². The van der Waals surface area contributed by atoms with E-state index in [0.29, 0.717) is 11.7 Å². The molecule has 0 aliphatic carbocycles. The van der Waals surface area contributed by atoms with Crippen molar-refractivity contribution in [3.8, 4) is 0 Å². The highest BCUT2D eigenvalue weighted by Gasteiger charge is 1.93. The van der Waals surface area contributed by atoms with Crippen LogP contribution < -0.4 is 0 Å². The molecule has 8 heavy (non-hydrogen) atoms. The summed E-state index contributed by atoms with van der Waals surface area (Å²) in [6, 6.07) is 0. The van der Waals surface area contributed by atoms with Gasteiger partial charge in [0.2, 0.25) is 0 Å². The quantitative estimate of drug-likeness (QED) is 0.559. The molecular formula is C7H14O. The number of allylic oxidation sites excluding steroid dienone is 1. The molecule has 0 fully saturated rings. The fraction of sp³-hybridized carbons (Fsp3) is 0.714. The van der Waals surface area contributed by atoms with Gasteiger partial charge in [0.15, 0.2) is 0 Å². The average molecular weight is 114 g/mol. The Kier molecular flexibility index (Phi) is 3.33. The molecule has 0 aliphatic rings. The van der Waals surface area contributed by atoms with Crippen LogP contribution in [0.15, 0.2) is 12.3 Å². The first kappa shape index (κ1) is 7.54. The predicted molar refractivity (Wildman–Crippen MR) is 35.8 cm³/mol. The van der Waals surface area contributed by atoms with E-state index < -0.39 is 0 Å². The monoisotopic (exact) mass is 114 g/mol. The molecule has 0 radical (unpaired) electrons. The second kappa shape index (κ2) is 3.53. The third kappa shape index (κ3) is 5.54. The van der Waals surface area contributed by atoms with Crippen LogP contribution in [0.1, 0.15) is 26.7 Å². The zero-order valence-electron chi connectivity index (χ0n) is 5.65. The van der Waals surface area contributed by atoms with Crippen LogP contribution in [0.4, 0.5) is 0 Å². The van der Waals surface area contributed by atoms with Gasteiger partial charge in [0.05, 0.1) is 5.76 Å². The van der Waals surface area contributed by atoms with Crippen molar-refractivity contribution in [2.24, 2.45) is 5.92 Å². The minimum absolute atomic E-state index is 0.304. The zero-order chi connectivity index (χ0) is 6.57. The molecule has 0 heterocycles. The van der Waals surface area contributed by atoms with Crippen LogP contribution in [-0.4, -0.2) is 5.11 Å². The van der Waals surface area contributed by atoms with E-state index in [9.17, 15) is 0 Å². The summed E-state index contributed by atoms with van der Waals surface area (Å²) >= 11 is 0. The summed E-state index contributed by atoms with van der Waals surface area (Å²) < 4.78 is 0. The van der Waals surface area contributed by atoms with Gasteiger partial charge in [0.25, 0.3) is 0 Å². The first-order chi connectivity index (χ1) is 3.63. The molecule has 0 saturated heterocycles. The van der Waals surface area contributed by atoms with Crippen molar-refractivity contribution < 1.29 is 5.11 Å². The minimum Gasteiger partial charge on any atom is -0.513 e. The Morgan fingerprint density at radius 2 is 2.12 bits per heavy atom. The number of hydrogen-bond donors (Lipinski definition) is 1. The van der Waals surface area contributed by atoms with Gasteiger partial charge in [-0.15, -0.1) is 0 Å². The fourth-order valence-electron chi connectivity index (χ4n) is 0.455. The van der Waals surface area contributed by atoms with Crippen molar-refractivity contribution in [2.75, 3.05) is 0 Å². The SMILES string of the molecule is C=C(O)CCC(C)C. The lowest BCUT2D eigenvalue weighted by atomic mass is 10.1. The van der Waals surface area contributed by atoms with Crippen molar-refractivity contribution in [1.29, 1.82) is 0 Å². The van der Waals surface area contributed by atoms with Crippen LogP contribution in [0.2, 0.25) is 0 Å². The van der Waals surface area contributed by atoms with E-state index >= 15 is 0 Å². The Bertz CT molecular complexity index is 74.5. The third-order valence-corrected chi connectivity index (χ3v) is 1.01. The lowest BCUT2D eigenvalue weighted by molar-refractivity contribution is 0.374. The van der Waals surface area contributed by atoms with Crippen molar-refractivity contribution in [2.45, 2.75) is 26.7 Å². The minimum atomic E-state index is 0.304. The Balaban J connectivity index is 3.05. The summed E-state index contributed by atoms with van der Waals surface area (Å²) in [5.74, 6) is 0.970. The third-order valence-electron chi connectivity index (χ3n) is 1.01. The molecule has 0 spiro atoms. The van der Waals surface area contributed by atoms with Gasteiger partial charge in [-0.2, -0.15) is 0 Å². The van der Waals surface area contributed by atoms with E-state index in [1.807, 2.05) is 0 Å². The second-order valence-corrected chi connectivity index (χ2v) is 2.50. The largest absolute Gasteiger partial charge is 0.513 e. The molecule has 0 amide bonds. The van der Waals surface area contributed by atoms with Crippen LogP contribution in [0.3, 0.4) is 0 Å². The second-order valence-electron chi connectivity index (χ2n) is 2.50. The van der Waals surface area contributed by atoms with Crippen molar-refractivity contribution >= 4 is 0 Å². The Morgan fingerprint density at radius 3 is 2.25 bits per heavy atom. The maximum atomic E-state index is 8.61.